The van der Waals surface area contributed by atoms with Crippen LogP contribution < -0.4 is 5.11 Å². The number of aromatic carboxylic acids is 1. The van der Waals surface area contributed by atoms with Gasteiger partial charge in [-0.05, 0) is 13.0 Å². The molecule has 0 bridgehead atoms. The molecular weight excluding hydrogens is 232 g/mol. The van der Waals surface area contributed by atoms with Gasteiger partial charge in [0.2, 0.25) is 0 Å². The van der Waals surface area contributed by atoms with Crippen LogP contribution in [0.4, 0.5) is 0 Å². The Balaban J connectivity index is 2.93. The molecule has 0 saturated heterocycles. The molecule has 1 aromatic rings. The second-order valence-corrected chi connectivity index (χ2v) is 3.59. The zero-order chi connectivity index (χ0) is 13.2. The van der Waals surface area contributed by atoms with Gasteiger partial charge in [-0.2, -0.15) is 0 Å². The normalized spacial score (nSPS) is 16.5. The highest BCUT2D eigenvalue weighted by atomic mass is 16.4. The molecule has 3 atom stereocenters. The summed E-state index contributed by atoms with van der Waals surface area (Å²) in [6.45, 7) is 0.613. The quantitative estimate of drug-likeness (QED) is 0.458. The van der Waals surface area contributed by atoms with Crippen molar-refractivity contribution < 1.29 is 34.7 Å². The number of furan rings is 1. The summed E-state index contributed by atoms with van der Waals surface area (Å²) in [7, 11) is 0. The van der Waals surface area contributed by atoms with E-state index in [0.717, 1.165) is 6.07 Å². The molecule has 96 valence electrons. The fraction of sp³-hybridized carbons (Fsp3) is 0.500. The van der Waals surface area contributed by atoms with Crippen LogP contribution in [0, 0.1) is 6.92 Å². The number of carboxylic acids is 1. The van der Waals surface area contributed by atoms with Gasteiger partial charge in [0.25, 0.3) is 0 Å². The second-order valence-electron chi connectivity index (χ2n) is 3.59. The van der Waals surface area contributed by atoms with E-state index in [1.165, 1.54) is 6.92 Å². The molecule has 0 aliphatic rings. The van der Waals surface area contributed by atoms with Gasteiger partial charge in [-0.1, -0.05) is 0 Å². The number of hydrogen-bond acceptors (Lipinski definition) is 7. The van der Waals surface area contributed by atoms with Crippen LogP contribution in [0.5, 0.6) is 0 Å². The summed E-state index contributed by atoms with van der Waals surface area (Å²) in [5, 5.41) is 47.3. The Morgan fingerprint density at radius 3 is 2.47 bits per heavy atom. The maximum absolute atomic E-state index is 10.6. The molecule has 0 amide bonds. The first-order valence-corrected chi connectivity index (χ1v) is 4.85. The van der Waals surface area contributed by atoms with Gasteiger partial charge < -0.3 is 34.7 Å². The number of rotatable bonds is 5. The predicted molar refractivity (Wildman–Crippen MR) is 51.8 cm³/mol. The average molecular weight is 245 g/mol. The molecular formula is C10H13O7-. The summed E-state index contributed by atoms with van der Waals surface area (Å²) in [6, 6.07) is 1.00. The summed E-state index contributed by atoms with van der Waals surface area (Å²) in [4.78, 5) is 10.6. The highest BCUT2D eigenvalue weighted by molar-refractivity contribution is 5.87. The van der Waals surface area contributed by atoms with E-state index in [0.29, 0.717) is 0 Å². The van der Waals surface area contributed by atoms with Crippen molar-refractivity contribution in [3.8, 4) is 0 Å². The molecule has 0 radical (unpaired) electrons. The minimum atomic E-state index is -1.68. The highest BCUT2D eigenvalue weighted by Gasteiger charge is 2.28. The van der Waals surface area contributed by atoms with Crippen LogP contribution in [-0.4, -0.2) is 45.2 Å². The Kier molecular flexibility index (Phi) is 4.24. The molecule has 1 aromatic heterocycles. The van der Waals surface area contributed by atoms with Crippen LogP contribution >= 0.6 is 0 Å². The Hall–Kier alpha value is -1.41. The number of carboxylic acid groups (broad SMARTS) is 1. The van der Waals surface area contributed by atoms with Crippen molar-refractivity contribution in [2.45, 2.75) is 25.2 Å². The summed E-state index contributed by atoms with van der Waals surface area (Å²) < 4.78 is 4.93. The fourth-order valence-corrected chi connectivity index (χ4v) is 1.34. The molecule has 7 heteroatoms. The van der Waals surface area contributed by atoms with Gasteiger partial charge in [-0.25, -0.2) is 0 Å². The summed E-state index contributed by atoms with van der Waals surface area (Å²) in [5.41, 5.74) is -0.246. The van der Waals surface area contributed by atoms with E-state index in [4.69, 9.17) is 14.6 Å². The van der Waals surface area contributed by atoms with Crippen LogP contribution in [0.3, 0.4) is 0 Å². The zero-order valence-electron chi connectivity index (χ0n) is 9.03. The predicted octanol–water partition coefficient (Wildman–Crippen LogP) is -2.30. The first kappa shape index (κ1) is 13.7. The first-order valence-electron chi connectivity index (χ1n) is 4.85. The number of aliphatic hydroxyl groups is 4. The van der Waals surface area contributed by atoms with Crippen molar-refractivity contribution in [2.75, 3.05) is 6.61 Å². The van der Waals surface area contributed by atoms with Crippen molar-refractivity contribution in [1.82, 2.24) is 0 Å². The van der Waals surface area contributed by atoms with Gasteiger partial charge in [0.15, 0.2) is 0 Å². The lowest BCUT2D eigenvalue weighted by atomic mass is 10.1. The number of carbonyl (C=O) groups excluding carboxylic acids is 1. The summed E-state index contributed by atoms with van der Waals surface area (Å²) in [5.74, 6) is -1.67. The molecule has 0 saturated carbocycles. The third-order valence-electron chi connectivity index (χ3n) is 2.35. The minimum Gasteiger partial charge on any atom is -0.545 e. The molecule has 1 heterocycles. The molecule has 0 spiro atoms. The smallest absolute Gasteiger partial charge is 0.140 e. The lowest BCUT2D eigenvalue weighted by molar-refractivity contribution is -0.255. The average Bonchev–Trinajstić information content (AvgIpc) is 2.68. The molecule has 4 N–H and O–H groups in total. The number of hydrogen-bond donors (Lipinski definition) is 4. The Bertz CT molecular complexity index is 397. The van der Waals surface area contributed by atoms with E-state index in [2.05, 4.69) is 0 Å². The number of carbonyl (C=O) groups is 1. The van der Waals surface area contributed by atoms with Crippen LogP contribution in [0.1, 0.15) is 28.0 Å². The topological polar surface area (TPSA) is 134 Å². The maximum Gasteiger partial charge on any atom is 0.140 e. The number of aliphatic hydroxyl groups excluding tert-OH is 4. The number of aryl methyl sites for hydroxylation is 1. The third kappa shape index (κ3) is 2.83. The Morgan fingerprint density at radius 1 is 1.47 bits per heavy atom. The van der Waals surface area contributed by atoms with Crippen molar-refractivity contribution in [3.63, 3.8) is 0 Å². The molecule has 7 nitrogen and oxygen atoms in total. The second kappa shape index (κ2) is 5.28. The van der Waals surface area contributed by atoms with Crippen LogP contribution in [0.2, 0.25) is 0 Å². The van der Waals surface area contributed by atoms with Crippen molar-refractivity contribution in [2.24, 2.45) is 0 Å². The molecule has 1 rings (SSSR count). The van der Waals surface area contributed by atoms with E-state index in [9.17, 15) is 20.1 Å². The third-order valence-corrected chi connectivity index (χ3v) is 2.35. The lowest BCUT2D eigenvalue weighted by Gasteiger charge is -2.19. The summed E-state index contributed by atoms with van der Waals surface area (Å²) >= 11 is 0. The van der Waals surface area contributed by atoms with Crippen molar-refractivity contribution in [3.05, 3.63) is 23.2 Å². The molecule has 17 heavy (non-hydrogen) atoms. The lowest BCUT2D eigenvalue weighted by Crippen LogP contribution is -2.34. The summed E-state index contributed by atoms with van der Waals surface area (Å²) in [6.07, 6.45) is -4.87. The van der Waals surface area contributed by atoms with E-state index >= 15 is 0 Å². The monoisotopic (exact) mass is 245 g/mol. The van der Waals surface area contributed by atoms with Crippen molar-refractivity contribution >= 4 is 5.97 Å². The van der Waals surface area contributed by atoms with E-state index < -0.39 is 30.9 Å². The highest BCUT2D eigenvalue weighted by Crippen LogP contribution is 2.24. The molecule has 0 aliphatic heterocycles. The van der Waals surface area contributed by atoms with Gasteiger partial charge in [0, 0.05) is 5.56 Å². The van der Waals surface area contributed by atoms with Gasteiger partial charge in [0.1, 0.15) is 29.8 Å². The van der Waals surface area contributed by atoms with Crippen molar-refractivity contribution in [1.29, 1.82) is 0 Å². The SMILES string of the molecule is Cc1oc([C@@H](O)[C@H](O)[C@H](O)CO)cc1C(=O)[O-]. The van der Waals surface area contributed by atoms with Gasteiger partial charge in [-0.3, -0.25) is 0 Å². The van der Waals surface area contributed by atoms with E-state index in [-0.39, 0.29) is 17.1 Å². The molecule has 0 unspecified atom stereocenters. The Morgan fingerprint density at radius 2 is 2.06 bits per heavy atom. The first-order chi connectivity index (χ1) is 7.88. The largest absolute Gasteiger partial charge is 0.545 e. The van der Waals surface area contributed by atoms with Gasteiger partial charge in [-0.15, -0.1) is 0 Å². The standard InChI is InChI=1S/C10H14O7/c1-4-5(10(15)16)2-7(17-4)9(14)8(13)6(12)3-11/h2,6,8-9,11-14H,3H2,1H3,(H,15,16)/p-1/t6-,8-,9-/m1/s1. The van der Waals surface area contributed by atoms with Crippen LogP contribution in [0.25, 0.3) is 0 Å². The van der Waals surface area contributed by atoms with Gasteiger partial charge >= 0.3 is 0 Å². The molecule has 0 aromatic carbocycles. The minimum absolute atomic E-state index is 0.0183. The van der Waals surface area contributed by atoms with Crippen LogP contribution in [0.15, 0.2) is 10.5 Å². The van der Waals surface area contributed by atoms with Crippen LogP contribution in [-0.2, 0) is 0 Å². The zero-order valence-corrected chi connectivity index (χ0v) is 9.03. The molecule has 0 aliphatic carbocycles. The van der Waals surface area contributed by atoms with E-state index in [1.54, 1.807) is 0 Å². The fourth-order valence-electron chi connectivity index (χ4n) is 1.34. The maximum atomic E-state index is 10.6. The van der Waals surface area contributed by atoms with Gasteiger partial charge in [0.05, 0.1) is 12.6 Å². The molecule has 0 fully saturated rings. The van der Waals surface area contributed by atoms with E-state index in [1.807, 2.05) is 0 Å². The Labute approximate surface area is 96.5 Å².